The predicted octanol–water partition coefficient (Wildman–Crippen LogP) is 3.42. The van der Waals surface area contributed by atoms with E-state index in [0.29, 0.717) is 5.69 Å². The van der Waals surface area contributed by atoms with E-state index >= 15 is 0 Å². The number of nitrogens with two attached hydrogens (primary N) is 1. The maximum atomic E-state index is 9.41. The van der Waals surface area contributed by atoms with E-state index in [1.54, 1.807) is 23.9 Å². The maximum Gasteiger partial charge on any atom is 0.159 e. The molecule has 0 atom stereocenters. The predicted molar refractivity (Wildman–Crippen MR) is 81.7 cm³/mol. The first-order valence-electron chi connectivity index (χ1n) is 6.63. The Morgan fingerprint density at radius 3 is 2.55 bits per heavy atom. The van der Waals surface area contributed by atoms with Gasteiger partial charge in [-0.1, -0.05) is 30.0 Å². The smallest absolute Gasteiger partial charge is 0.159 e. The lowest BCUT2D eigenvalue weighted by Crippen LogP contribution is -2.14. The summed E-state index contributed by atoms with van der Waals surface area (Å²) in [5.41, 5.74) is 7.12. The highest BCUT2D eigenvalue weighted by atomic mass is 32.2. The van der Waals surface area contributed by atoms with Crippen molar-refractivity contribution in [3.63, 3.8) is 0 Å². The van der Waals surface area contributed by atoms with Gasteiger partial charge in [0.25, 0.3) is 0 Å². The van der Waals surface area contributed by atoms with E-state index < -0.39 is 0 Å². The molecule has 3 nitrogen and oxygen atoms in total. The Morgan fingerprint density at radius 2 is 1.90 bits per heavy atom. The maximum absolute atomic E-state index is 9.41. The van der Waals surface area contributed by atoms with Crippen molar-refractivity contribution in [2.45, 2.75) is 29.3 Å². The third-order valence-electron chi connectivity index (χ3n) is 3.26. The number of hydrogen-bond acceptors (Lipinski definition) is 4. The van der Waals surface area contributed by atoms with Crippen molar-refractivity contribution in [2.24, 2.45) is 0 Å². The number of anilines is 1. The summed E-state index contributed by atoms with van der Waals surface area (Å²) in [6, 6.07) is 15.6. The lowest BCUT2D eigenvalue weighted by molar-refractivity contribution is 0.244. The van der Waals surface area contributed by atoms with Crippen molar-refractivity contribution in [3.8, 4) is 5.75 Å². The molecule has 0 aromatic heterocycles. The number of nitrogen functional groups attached to an aromatic ring is 1. The molecule has 0 radical (unpaired) electrons. The van der Waals surface area contributed by atoms with Crippen molar-refractivity contribution in [1.29, 1.82) is 0 Å². The van der Waals surface area contributed by atoms with Crippen molar-refractivity contribution >= 4 is 17.4 Å². The average molecular weight is 287 g/mol. The van der Waals surface area contributed by atoms with Crippen LogP contribution in [0, 0.1) is 0 Å². The molecule has 0 unspecified atom stereocenters. The second kappa shape index (κ2) is 5.38. The average Bonchev–Trinajstić information content (AvgIpc) is 3.21. The van der Waals surface area contributed by atoms with Crippen molar-refractivity contribution in [1.82, 2.24) is 0 Å². The van der Waals surface area contributed by atoms with Gasteiger partial charge in [0.05, 0.1) is 6.61 Å². The number of aliphatic hydroxyl groups is 1. The number of hydrogen-bond donors (Lipinski definition) is 2. The second-order valence-electron chi connectivity index (χ2n) is 4.95. The zero-order chi connectivity index (χ0) is 14.0. The number of rotatable bonds is 5. The number of benzene rings is 2. The van der Waals surface area contributed by atoms with E-state index in [1.165, 1.54) is 4.90 Å². The van der Waals surface area contributed by atoms with Crippen LogP contribution in [0.4, 0.5) is 5.69 Å². The van der Waals surface area contributed by atoms with Crippen LogP contribution < -0.4 is 10.5 Å². The minimum atomic E-state index is -0.193. The summed E-state index contributed by atoms with van der Waals surface area (Å²) in [7, 11) is 0. The first kappa shape index (κ1) is 13.3. The molecule has 1 aliphatic carbocycles. The molecule has 1 saturated carbocycles. The van der Waals surface area contributed by atoms with Gasteiger partial charge in [-0.15, -0.1) is 0 Å². The summed E-state index contributed by atoms with van der Waals surface area (Å²) in [6.07, 6.45) is 2.03. The molecule has 2 aromatic rings. The van der Waals surface area contributed by atoms with Crippen LogP contribution in [0.5, 0.6) is 5.75 Å². The van der Waals surface area contributed by atoms with Gasteiger partial charge in [0.1, 0.15) is 5.75 Å². The summed E-state index contributed by atoms with van der Waals surface area (Å²) in [5, 5.41) is 9.41. The molecule has 20 heavy (non-hydrogen) atoms. The van der Waals surface area contributed by atoms with Crippen LogP contribution in [-0.4, -0.2) is 10.0 Å². The Kier molecular flexibility index (Phi) is 3.59. The van der Waals surface area contributed by atoms with Gasteiger partial charge in [-0.05, 0) is 30.3 Å². The minimum absolute atomic E-state index is 0.0630. The first-order chi connectivity index (χ1) is 9.71. The lowest BCUT2D eigenvalue weighted by Gasteiger charge is -2.19. The molecular formula is C16H17NO2S. The Labute approximate surface area is 122 Å². The van der Waals surface area contributed by atoms with Crippen LogP contribution >= 0.6 is 11.8 Å². The summed E-state index contributed by atoms with van der Waals surface area (Å²) in [6.45, 7) is -0.0630. The highest BCUT2D eigenvalue weighted by Crippen LogP contribution is 2.52. The van der Waals surface area contributed by atoms with Gasteiger partial charge in [0.15, 0.2) is 4.93 Å². The van der Waals surface area contributed by atoms with Gasteiger partial charge in [-0.2, -0.15) is 0 Å². The number of thioether (sulfide) groups is 1. The van der Waals surface area contributed by atoms with Crippen molar-refractivity contribution in [2.75, 3.05) is 5.73 Å². The SMILES string of the molecule is Nc1ccc(OC2(Sc3ccccc3)CC2)c(CO)c1. The molecule has 0 spiro atoms. The van der Waals surface area contributed by atoms with E-state index in [0.717, 1.165) is 24.2 Å². The van der Waals surface area contributed by atoms with Crippen LogP contribution in [0.2, 0.25) is 0 Å². The molecule has 2 aromatic carbocycles. The topological polar surface area (TPSA) is 55.5 Å². The van der Waals surface area contributed by atoms with Crippen molar-refractivity contribution < 1.29 is 9.84 Å². The third kappa shape index (κ3) is 2.92. The molecule has 104 valence electrons. The standard InChI is InChI=1S/C16H17NO2S/c17-13-6-7-15(12(10-13)11-18)19-16(8-9-16)20-14-4-2-1-3-5-14/h1-7,10,18H,8-9,11,17H2. The lowest BCUT2D eigenvalue weighted by atomic mass is 10.2. The van der Waals surface area contributed by atoms with E-state index in [9.17, 15) is 5.11 Å². The first-order valence-corrected chi connectivity index (χ1v) is 7.45. The quantitative estimate of drug-likeness (QED) is 0.653. The fourth-order valence-corrected chi connectivity index (χ4v) is 3.21. The molecule has 0 amide bonds. The highest BCUT2D eigenvalue weighted by Gasteiger charge is 2.47. The summed E-state index contributed by atoms with van der Waals surface area (Å²) < 4.78 is 6.14. The van der Waals surface area contributed by atoms with Gasteiger partial charge in [-0.3, -0.25) is 0 Å². The molecule has 0 aliphatic heterocycles. The van der Waals surface area contributed by atoms with Gasteiger partial charge in [0, 0.05) is 29.0 Å². The fraction of sp³-hybridized carbons (Fsp3) is 0.250. The largest absolute Gasteiger partial charge is 0.476 e. The van der Waals surface area contributed by atoms with Crippen LogP contribution in [0.25, 0.3) is 0 Å². The van der Waals surface area contributed by atoms with E-state index in [-0.39, 0.29) is 11.5 Å². The Bertz CT molecular complexity index is 597. The normalized spacial score (nSPS) is 15.8. The monoisotopic (exact) mass is 287 g/mol. The summed E-state index contributed by atoms with van der Waals surface area (Å²) in [4.78, 5) is 1.01. The van der Waals surface area contributed by atoms with Crippen LogP contribution in [0.3, 0.4) is 0 Å². The molecule has 1 aliphatic rings. The van der Waals surface area contributed by atoms with E-state index in [2.05, 4.69) is 12.1 Å². The number of aliphatic hydroxyl groups excluding tert-OH is 1. The van der Waals surface area contributed by atoms with Gasteiger partial charge < -0.3 is 15.6 Å². The Morgan fingerprint density at radius 1 is 1.15 bits per heavy atom. The molecule has 0 heterocycles. The third-order valence-corrected chi connectivity index (χ3v) is 4.63. The van der Waals surface area contributed by atoms with Gasteiger partial charge in [0.2, 0.25) is 0 Å². The molecule has 4 heteroatoms. The highest BCUT2D eigenvalue weighted by molar-refractivity contribution is 8.00. The Hall–Kier alpha value is -1.65. The van der Waals surface area contributed by atoms with Gasteiger partial charge in [-0.25, -0.2) is 0 Å². The second-order valence-corrected chi connectivity index (χ2v) is 6.37. The minimum Gasteiger partial charge on any atom is -0.476 e. The van der Waals surface area contributed by atoms with E-state index in [4.69, 9.17) is 10.5 Å². The molecular weight excluding hydrogens is 270 g/mol. The van der Waals surface area contributed by atoms with E-state index in [1.807, 2.05) is 24.3 Å². The van der Waals surface area contributed by atoms with Crippen LogP contribution in [0.1, 0.15) is 18.4 Å². The molecule has 0 bridgehead atoms. The molecule has 0 saturated heterocycles. The van der Waals surface area contributed by atoms with Crippen molar-refractivity contribution in [3.05, 3.63) is 54.1 Å². The fourth-order valence-electron chi connectivity index (χ4n) is 2.05. The number of ether oxygens (including phenoxy) is 1. The van der Waals surface area contributed by atoms with Crippen LogP contribution in [0.15, 0.2) is 53.4 Å². The van der Waals surface area contributed by atoms with Gasteiger partial charge >= 0.3 is 0 Å². The zero-order valence-corrected chi connectivity index (χ0v) is 11.9. The summed E-state index contributed by atoms with van der Waals surface area (Å²) >= 11 is 1.74. The molecule has 3 N–H and O–H groups in total. The summed E-state index contributed by atoms with van der Waals surface area (Å²) in [5.74, 6) is 0.725. The Balaban J connectivity index is 1.77. The van der Waals surface area contributed by atoms with Crippen LogP contribution in [-0.2, 0) is 6.61 Å². The zero-order valence-electron chi connectivity index (χ0n) is 11.1. The molecule has 3 rings (SSSR count). The molecule has 1 fully saturated rings.